The van der Waals surface area contributed by atoms with Gasteiger partial charge in [0.2, 0.25) is 0 Å². The van der Waals surface area contributed by atoms with Gasteiger partial charge in [-0.05, 0) is 37.5 Å². The van der Waals surface area contributed by atoms with Gasteiger partial charge >= 0.3 is 0 Å². The molecule has 0 radical (unpaired) electrons. The SMILES string of the molecule is Cc1ccc(C[C@H](C)N)c(Br)c1. The second-order valence-corrected chi connectivity index (χ2v) is 4.13. The predicted molar refractivity (Wildman–Crippen MR) is 56.2 cm³/mol. The minimum atomic E-state index is 0.226. The molecule has 66 valence electrons. The zero-order chi connectivity index (χ0) is 9.14. The molecule has 2 N–H and O–H groups in total. The van der Waals surface area contributed by atoms with Crippen molar-refractivity contribution in [1.29, 1.82) is 0 Å². The maximum atomic E-state index is 5.71. The summed E-state index contributed by atoms with van der Waals surface area (Å²) in [6.45, 7) is 4.10. The number of rotatable bonds is 2. The number of nitrogens with two attached hydrogens (primary N) is 1. The van der Waals surface area contributed by atoms with E-state index < -0.39 is 0 Å². The molecule has 0 heterocycles. The molecule has 0 bridgehead atoms. The number of hydrogen-bond donors (Lipinski definition) is 1. The number of halogens is 1. The third kappa shape index (κ3) is 2.61. The zero-order valence-corrected chi connectivity index (χ0v) is 9.06. The molecule has 12 heavy (non-hydrogen) atoms. The molecule has 1 aromatic rings. The Kier molecular flexibility index (Phi) is 3.29. The molecule has 0 saturated heterocycles. The van der Waals surface area contributed by atoms with Crippen LogP contribution in [0.2, 0.25) is 0 Å². The van der Waals surface area contributed by atoms with Gasteiger partial charge in [-0.3, -0.25) is 0 Å². The summed E-state index contributed by atoms with van der Waals surface area (Å²) in [4.78, 5) is 0. The van der Waals surface area contributed by atoms with Crippen LogP contribution in [0.15, 0.2) is 22.7 Å². The fourth-order valence-electron chi connectivity index (χ4n) is 1.16. The Morgan fingerprint density at radius 1 is 1.50 bits per heavy atom. The van der Waals surface area contributed by atoms with Gasteiger partial charge in [-0.1, -0.05) is 28.1 Å². The predicted octanol–water partition coefficient (Wildman–Crippen LogP) is 2.65. The average molecular weight is 228 g/mol. The van der Waals surface area contributed by atoms with E-state index in [0.717, 1.165) is 6.42 Å². The van der Waals surface area contributed by atoms with Crippen LogP contribution in [0, 0.1) is 6.92 Å². The van der Waals surface area contributed by atoms with Crippen molar-refractivity contribution < 1.29 is 0 Å². The Morgan fingerprint density at radius 2 is 2.17 bits per heavy atom. The Bertz CT molecular complexity index is 269. The Hall–Kier alpha value is -0.340. The normalized spacial score (nSPS) is 13.0. The molecule has 0 fully saturated rings. The molecule has 0 aliphatic rings. The van der Waals surface area contributed by atoms with Crippen molar-refractivity contribution >= 4 is 15.9 Å². The molecule has 1 aromatic carbocycles. The highest BCUT2D eigenvalue weighted by atomic mass is 79.9. The fraction of sp³-hybridized carbons (Fsp3) is 0.400. The van der Waals surface area contributed by atoms with Gasteiger partial charge in [0.05, 0.1) is 0 Å². The molecule has 1 rings (SSSR count). The summed E-state index contributed by atoms with van der Waals surface area (Å²) in [5, 5.41) is 0. The first kappa shape index (κ1) is 9.75. The monoisotopic (exact) mass is 227 g/mol. The van der Waals surface area contributed by atoms with Gasteiger partial charge in [0.1, 0.15) is 0 Å². The lowest BCUT2D eigenvalue weighted by Gasteiger charge is -2.07. The van der Waals surface area contributed by atoms with Crippen LogP contribution in [0.3, 0.4) is 0 Å². The highest BCUT2D eigenvalue weighted by Crippen LogP contribution is 2.19. The van der Waals surface area contributed by atoms with E-state index in [4.69, 9.17) is 5.73 Å². The second kappa shape index (κ2) is 4.06. The molecule has 1 atom stereocenters. The Labute approximate surface area is 82.1 Å². The molecule has 0 aliphatic carbocycles. The highest BCUT2D eigenvalue weighted by Gasteiger charge is 2.02. The molecule has 0 amide bonds. The number of benzene rings is 1. The molecule has 0 unspecified atom stereocenters. The first-order valence-corrected chi connectivity index (χ1v) is 4.89. The maximum absolute atomic E-state index is 5.71. The number of hydrogen-bond acceptors (Lipinski definition) is 1. The highest BCUT2D eigenvalue weighted by molar-refractivity contribution is 9.10. The quantitative estimate of drug-likeness (QED) is 0.827. The molecule has 2 heteroatoms. The Morgan fingerprint density at radius 3 is 2.67 bits per heavy atom. The lowest BCUT2D eigenvalue weighted by molar-refractivity contribution is 0.736. The van der Waals surface area contributed by atoms with E-state index in [2.05, 4.69) is 41.1 Å². The minimum Gasteiger partial charge on any atom is -0.328 e. The molecule has 1 nitrogen and oxygen atoms in total. The molecule has 0 aliphatic heterocycles. The van der Waals surface area contributed by atoms with Crippen molar-refractivity contribution in [3.05, 3.63) is 33.8 Å². The molecular formula is C10H14BrN. The van der Waals surface area contributed by atoms with Crippen LogP contribution in [0.4, 0.5) is 0 Å². The van der Waals surface area contributed by atoms with E-state index in [1.807, 2.05) is 6.92 Å². The largest absolute Gasteiger partial charge is 0.328 e. The van der Waals surface area contributed by atoms with Crippen molar-refractivity contribution in [1.82, 2.24) is 0 Å². The van der Waals surface area contributed by atoms with E-state index in [0.29, 0.717) is 0 Å². The lowest BCUT2D eigenvalue weighted by Crippen LogP contribution is -2.17. The van der Waals surface area contributed by atoms with Crippen molar-refractivity contribution in [3.63, 3.8) is 0 Å². The smallest absolute Gasteiger partial charge is 0.0210 e. The van der Waals surface area contributed by atoms with Gasteiger partial charge in [0.15, 0.2) is 0 Å². The third-order valence-corrected chi connectivity index (χ3v) is 2.49. The number of aryl methyl sites for hydroxylation is 1. The average Bonchev–Trinajstić information content (AvgIpc) is 1.94. The van der Waals surface area contributed by atoms with Gasteiger partial charge in [0.25, 0.3) is 0 Å². The van der Waals surface area contributed by atoms with Crippen LogP contribution in [0.1, 0.15) is 18.1 Å². The Balaban J connectivity index is 2.86. The topological polar surface area (TPSA) is 26.0 Å². The van der Waals surface area contributed by atoms with Gasteiger partial charge in [-0.15, -0.1) is 0 Å². The summed E-state index contributed by atoms with van der Waals surface area (Å²) < 4.78 is 1.17. The molecule has 0 saturated carbocycles. The molecular weight excluding hydrogens is 214 g/mol. The summed E-state index contributed by atoms with van der Waals surface area (Å²) in [6.07, 6.45) is 0.931. The van der Waals surface area contributed by atoms with Gasteiger partial charge in [-0.2, -0.15) is 0 Å². The minimum absolute atomic E-state index is 0.226. The first-order valence-electron chi connectivity index (χ1n) is 4.10. The van der Waals surface area contributed by atoms with E-state index in [1.54, 1.807) is 0 Å². The summed E-state index contributed by atoms with van der Waals surface area (Å²) in [5.41, 5.74) is 8.27. The van der Waals surface area contributed by atoms with Crippen molar-refractivity contribution in [2.45, 2.75) is 26.3 Å². The summed E-state index contributed by atoms with van der Waals surface area (Å²) in [5.74, 6) is 0. The maximum Gasteiger partial charge on any atom is 0.0210 e. The van der Waals surface area contributed by atoms with Crippen molar-refractivity contribution in [2.75, 3.05) is 0 Å². The van der Waals surface area contributed by atoms with Crippen LogP contribution in [-0.4, -0.2) is 6.04 Å². The first-order chi connectivity index (χ1) is 5.59. The van der Waals surface area contributed by atoms with Crippen LogP contribution < -0.4 is 5.73 Å². The third-order valence-electron chi connectivity index (χ3n) is 1.75. The summed E-state index contributed by atoms with van der Waals surface area (Å²) >= 11 is 3.52. The summed E-state index contributed by atoms with van der Waals surface area (Å²) in [7, 11) is 0. The van der Waals surface area contributed by atoms with E-state index in [1.165, 1.54) is 15.6 Å². The van der Waals surface area contributed by atoms with Gasteiger partial charge in [-0.25, -0.2) is 0 Å². The van der Waals surface area contributed by atoms with Crippen molar-refractivity contribution in [2.24, 2.45) is 5.73 Å². The van der Waals surface area contributed by atoms with Gasteiger partial charge in [0, 0.05) is 10.5 Å². The van der Waals surface area contributed by atoms with Crippen LogP contribution >= 0.6 is 15.9 Å². The van der Waals surface area contributed by atoms with Crippen LogP contribution in [0.5, 0.6) is 0 Å². The fourth-order valence-corrected chi connectivity index (χ4v) is 1.82. The summed E-state index contributed by atoms with van der Waals surface area (Å²) in [6, 6.07) is 6.59. The van der Waals surface area contributed by atoms with Gasteiger partial charge < -0.3 is 5.73 Å². The molecule has 0 aromatic heterocycles. The van der Waals surface area contributed by atoms with E-state index in [-0.39, 0.29) is 6.04 Å². The van der Waals surface area contributed by atoms with E-state index in [9.17, 15) is 0 Å². The lowest BCUT2D eigenvalue weighted by atomic mass is 10.1. The van der Waals surface area contributed by atoms with Crippen molar-refractivity contribution in [3.8, 4) is 0 Å². The van der Waals surface area contributed by atoms with Crippen LogP contribution in [0.25, 0.3) is 0 Å². The molecule has 0 spiro atoms. The van der Waals surface area contributed by atoms with E-state index >= 15 is 0 Å². The zero-order valence-electron chi connectivity index (χ0n) is 7.47. The standard InChI is InChI=1S/C10H14BrN/c1-7-3-4-9(6-8(2)12)10(11)5-7/h3-5,8H,6,12H2,1-2H3/t8-/m0/s1. The van der Waals surface area contributed by atoms with Crippen LogP contribution in [-0.2, 0) is 6.42 Å². The second-order valence-electron chi connectivity index (χ2n) is 3.28.